The van der Waals surface area contributed by atoms with Crippen molar-refractivity contribution in [2.45, 2.75) is 9.60 Å². The molecule has 0 amide bonds. The molecule has 1 atom stereocenters. The molecular weight excluding hydrogens is 279 g/mol. The van der Waals surface area contributed by atoms with Crippen molar-refractivity contribution in [1.82, 2.24) is 0 Å². The number of hydrogen-bond acceptors (Lipinski definition) is 3. The Morgan fingerprint density at radius 3 is 2.88 bits per heavy atom. The maximum Gasteiger partial charge on any atom is 0.206 e. The fourth-order valence-electron chi connectivity index (χ4n) is 1.70. The van der Waals surface area contributed by atoms with E-state index in [0.717, 1.165) is 0 Å². The summed E-state index contributed by atoms with van der Waals surface area (Å²) in [4.78, 5) is 12.7. The first-order chi connectivity index (χ1) is 8.16. The lowest BCUT2D eigenvalue weighted by atomic mass is 10.2. The Balaban J connectivity index is 2.39. The molecule has 1 unspecified atom stereocenters. The van der Waals surface area contributed by atoms with Gasteiger partial charge in [0.2, 0.25) is 5.43 Å². The van der Waals surface area contributed by atoms with E-state index in [-0.39, 0.29) is 5.43 Å². The normalized spacial score (nSPS) is 18.9. The van der Waals surface area contributed by atoms with Crippen molar-refractivity contribution >= 4 is 52.0 Å². The Morgan fingerprint density at radius 2 is 2.06 bits per heavy atom. The first kappa shape index (κ1) is 11.2. The Kier molecular flexibility index (Phi) is 2.69. The molecule has 0 bridgehead atoms. The highest BCUT2D eigenvalue weighted by Gasteiger charge is 2.24. The van der Waals surface area contributed by atoms with E-state index in [1.807, 2.05) is 6.07 Å². The first-order valence-corrected chi connectivity index (χ1v) is 6.60. The third-order valence-electron chi connectivity index (χ3n) is 2.49. The molecule has 1 aliphatic heterocycles. The Labute approximate surface area is 111 Å². The van der Waals surface area contributed by atoms with Crippen LogP contribution in [0.5, 0.6) is 0 Å². The Bertz CT molecular complexity index is 690. The van der Waals surface area contributed by atoms with Gasteiger partial charge in [-0.05, 0) is 18.2 Å². The highest BCUT2D eigenvalue weighted by atomic mass is 35.5. The molecule has 0 saturated heterocycles. The van der Waals surface area contributed by atoms with Crippen molar-refractivity contribution in [1.29, 1.82) is 0 Å². The second-order valence-electron chi connectivity index (χ2n) is 3.58. The molecule has 3 rings (SSSR count). The van der Waals surface area contributed by atoms with E-state index in [9.17, 15) is 4.79 Å². The molecule has 0 radical (unpaired) electrons. The van der Waals surface area contributed by atoms with E-state index in [0.29, 0.717) is 26.7 Å². The van der Waals surface area contributed by atoms with Crippen LogP contribution in [0.4, 0.5) is 0 Å². The second-order valence-corrected chi connectivity index (χ2v) is 5.83. The van der Waals surface area contributed by atoms with Gasteiger partial charge in [0.15, 0.2) is 0 Å². The summed E-state index contributed by atoms with van der Waals surface area (Å²) in [7, 11) is 0. The van der Waals surface area contributed by atoms with Crippen molar-refractivity contribution in [2.24, 2.45) is 0 Å². The van der Waals surface area contributed by atoms with Gasteiger partial charge in [-0.25, -0.2) is 0 Å². The van der Waals surface area contributed by atoms with E-state index >= 15 is 0 Å². The van der Waals surface area contributed by atoms with Crippen LogP contribution in [0.2, 0.25) is 0 Å². The third-order valence-corrected chi connectivity index (χ3v) is 4.64. The number of alkyl halides is 1. The van der Waals surface area contributed by atoms with Gasteiger partial charge in [0.25, 0.3) is 0 Å². The molecule has 0 spiro atoms. The second kappa shape index (κ2) is 4.09. The van der Waals surface area contributed by atoms with Crippen LogP contribution in [0.15, 0.2) is 43.4 Å². The molecule has 1 aliphatic rings. The van der Waals surface area contributed by atoms with E-state index in [2.05, 4.69) is 0 Å². The summed E-state index contributed by atoms with van der Waals surface area (Å²) >= 11 is 13.2. The van der Waals surface area contributed by atoms with Crippen molar-refractivity contribution in [3.05, 3.63) is 45.3 Å². The first-order valence-electron chi connectivity index (χ1n) is 4.90. The summed E-state index contributed by atoms with van der Waals surface area (Å²) in [5.41, 5.74) is 0.503. The van der Waals surface area contributed by atoms with Crippen molar-refractivity contribution in [3.8, 4) is 0 Å². The largest absolute Gasteiger partial charge is 0.455 e. The predicted molar refractivity (Wildman–Crippen MR) is 71.8 cm³/mol. The van der Waals surface area contributed by atoms with Crippen LogP contribution in [0, 0.1) is 0 Å². The molecule has 17 heavy (non-hydrogen) atoms. The minimum Gasteiger partial charge on any atom is -0.455 e. The number of fused-ring (bicyclic) bond motifs is 2. The molecule has 0 fully saturated rings. The van der Waals surface area contributed by atoms with Gasteiger partial charge in [0, 0.05) is 0 Å². The van der Waals surface area contributed by atoms with Gasteiger partial charge in [-0.3, -0.25) is 4.79 Å². The van der Waals surface area contributed by atoms with Crippen molar-refractivity contribution in [2.75, 3.05) is 0 Å². The molecule has 0 aliphatic carbocycles. The number of halogens is 2. The zero-order chi connectivity index (χ0) is 12.0. The number of rotatable bonds is 0. The lowest BCUT2D eigenvalue weighted by molar-refractivity contribution is 0.574. The van der Waals surface area contributed by atoms with Gasteiger partial charge in [-0.2, -0.15) is 0 Å². The molecular formula is C12H6Cl2O2S. The lowest BCUT2D eigenvalue weighted by Gasteiger charge is -2.15. The van der Waals surface area contributed by atoms with Crippen LogP contribution in [0.25, 0.3) is 17.0 Å². The minimum atomic E-state index is -0.423. The summed E-state index contributed by atoms with van der Waals surface area (Å²) in [6.45, 7) is 0. The average molecular weight is 285 g/mol. The molecule has 0 saturated carbocycles. The van der Waals surface area contributed by atoms with E-state index in [1.54, 1.807) is 24.3 Å². The van der Waals surface area contributed by atoms with Gasteiger partial charge in [0.1, 0.15) is 20.9 Å². The Hall–Kier alpha value is -0.900. The molecule has 1 aromatic heterocycles. The fourth-order valence-corrected chi connectivity index (χ4v) is 3.08. The van der Waals surface area contributed by atoms with Crippen LogP contribution < -0.4 is 5.43 Å². The molecule has 2 nitrogen and oxygen atoms in total. The van der Waals surface area contributed by atoms with Crippen LogP contribution in [0.1, 0.15) is 5.76 Å². The van der Waals surface area contributed by atoms with Crippen LogP contribution in [-0.4, -0.2) is 4.71 Å². The standard InChI is InChI=1S/C12H6Cl2O2S/c13-7-5-9-11(17-12(7)14)10(15)6-3-1-2-4-8(6)16-9/h1-5,12H. The van der Waals surface area contributed by atoms with Crippen LogP contribution in [0.3, 0.4) is 0 Å². The van der Waals surface area contributed by atoms with Crippen LogP contribution >= 0.6 is 35.0 Å². The lowest BCUT2D eigenvalue weighted by Crippen LogP contribution is -2.11. The van der Waals surface area contributed by atoms with E-state index < -0.39 is 4.71 Å². The summed E-state index contributed by atoms with van der Waals surface area (Å²) in [6, 6.07) is 7.13. The van der Waals surface area contributed by atoms with Gasteiger partial charge >= 0.3 is 0 Å². The Morgan fingerprint density at radius 1 is 1.29 bits per heavy atom. The highest BCUT2D eigenvalue weighted by Crippen LogP contribution is 2.40. The van der Waals surface area contributed by atoms with Crippen molar-refractivity contribution in [3.63, 3.8) is 0 Å². The van der Waals surface area contributed by atoms with Gasteiger partial charge in [-0.1, -0.05) is 35.5 Å². The maximum absolute atomic E-state index is 12.2. The SMILES string of the molecule is O=c1c2c(oc3ccccc13)C=C(Cl)C(Cl)S2. The summed E-state index contributed by atoms with van der Waals surface area (Å²) in [5.74, 6) is 0.487. The number of thioether (sulfide) groups is 1. The van der Waals surface area contributed by atoms with E-state index in [1.165, 1.54) is 11.8 Å². The molecule has 0 N–H and O–H groups in total. The van der Waals surface area contributed by atoms with Gasteiger partial charge in [-0.15, -0.1) is 11.6 Å². The van der Waals surface area contributed by atoms with Gasteiger partial charge in [0.05, 0.1) is 10.4 Å². The number of benzene rings is 1. The average Bonchev–Trinajstić information content (AvgIpc) is 2.32. The number of hydrogen-bond donors (Lipinski definition) is 0. The zero-order valence-electron chi connectivity index (χ0n) is 8.44. The van der Waals surface area contributed by atoms with Gasteiger partial charge < -0.3 is 4.42 Å². The zero-order valence-corrected chi connectivity index (χ0v) is 10.8. The molecule has 1 aromatic carbocycles. The smallest absolute Gasteiger partial charge is 0.206 e. The topological polar surface area (TPSA) is 30.2 Å². The molecule has 5 heteroatoms. The highest BCUT2D eigenvalue weighted by molar-refractivity contribution is 8.01. The number of para-hydroxylation sites is 1. The summed E-state index contributed by atoms with van der Waals surface area (Å²) in [6.07, 6.45) is 1.61. The molecule has 86 valence electrons. The third kappa shape index (κ3) is 1.79. The summed E-state index contributed by atoms with van der Waals surface area (Å²) < 4.78 is 5.22. The summed E-state index contributed by atoms with van der Waals surface area (Å²) in [5, 5.41) is 1.04. The monoisotopic (exact) mass is 284 g/mol. The molecule has 2 aromatic rings. The predicted octanol–water partition coefficient (Wildman–Crippen LogP) is 4.04. The quantitative estimate of drug-likeness (QED) is 0.684. The fraction of sp³-hybridized carbons (Fsp3) is 0.0833. The maximum atomic E-state index is 12.2. The van der Waals surface area contributed by atoms with Crippen LogP contribution in [-0.2, 0) is 0 Å². The van der Waals surface area contributed by atoms with Crippen molar-refractivity contribution < 1.29 is 4.42 Å². The van der Waals surface area contributed by atoms with E-state index in [4.69, 9.17) is 27.6 Å². The minimum absolute atomic E-state index is 0.0575. The molecule has 2 heterocycles.